The van der Waals surface area contributed by atoms with Crippen LogP contribution in [0.1, 0.15) is 76.7 Å². The second kappa shape index (κ2) is 16.7. The van der Waals surface area contributed by atoms with Crippen molar-refractivity contribution in [3.63, 3.8) is 0 Å². The van der Waals surface area contributed by atoms with Crippen LogP contribution in [0.3, 0.4) is 0 Å². The van der Waals surface area contributed by atoms with E-state index in [9.17, 15) is 0 Å². The zero-order valence-electron chi connectivity index (χ0n) is 19.7. The molecule has 0 heterocycles. The summed E-state index contributed by atoms with van der Waals surface area (Å²) in [7, 11) is 1.57. The molecule has 0 unspecified atom stereocenters. The van der Waals surface area contributed by atoms with Gasteiger partial charge in [0.2, 0.25) is 0 Å². The van der Waals surface area contributed by atoms with Crippen molar-refractivity contribution < 1.29 is 18.9 Å². The quantitative estimate of drug-likeness (QED) is 0.165. The van der Waals surface area contributed by atoms with Gasteiger partial charge in [0.15, 0.2) is 6.79 Å². The van der Waals surface area contributed by atoms with Crippen molar-refractivity contribution in [2.24, 2.45) is 0 Å². The van der Waals surface area contributed by atoms with E-state index in [2.05, 4.69) is 6.92 Å². The largest absolute Gasteiger partial charge is 0.494 e. The van der Waals surface area contributed by atoms with E-state index in [0.29, 0.717) is 23.1 Å². The van der Waals surface area contributed by atoms with E-state index < -0.39 is 0 Å². The average molecular weight is 463 g/mol. The maximum Gasteiger partial charge on any atom is 0.188 e. The smallest absolute Gasteiger partial charge is 0.188 e. The molecule has 4 nitrogen and oxygen atoms in total. The Morgan fingerprint density at radius 3 is 1.94 bits per heavy atom. The van der Waals surface area contributed by atoms with Gasteiger partial charge < -0.3 is 18.9 Å². The first-order chi connectivity index (χ1) is 15.7. The zero-order valence-corrected chi connectivity index (χ0v) is 20.5. The number of rotatable bonds is 18. The predicted molar refractivity (Wildman–Crippen MR) is 132 cm³/mol. The van der Waals surface area contributed by atoms with Crippen molar-refractivity contribution >= 4 is 11.6 Å². The van der Waals surface area contributed by atoms with E-state index in [0.717, 1.165) is 24.3 Å². The molecule has 0 spiro atoms. The lowest BCUT2D eigenvalue weighted by Gasteiger charge is -2.11. The summed E-state index contributed by atoms with van der Waals surface area (Å²) in [6.45, 7) is 3.67. The van der Waals surface area contributed by atoms with Gasteiger partial charge in [-0.05, 0) is 36.2 Å². The molecule has 178 valence electrons. The van der Waals surface area contributed by atoms with Crippen LogP contribution in [0.2, 0.25) is 5.02 Å². The Morgan fingerprint density at radius 1 is 0.688 bits per heavy atom. The maximum absolute atomic E-state index is 6.21. The van der Waals surface area contributed by atoms with Crippen molar-refractivity contribution in [2.45, 2.75) is 77.7 Å². The summed E-state index contributed by atoms with van der Waals surface area (Å²) in [5.74, 6) is 2.18. The topological polar surface area (TPSA) is 36.9 Å². The third kappa shape index (κ3) is 11.1. The van der Waals surface area contributed by atoms with E-state index in [-0.39, 0.29) is 6.79 Å². The number of methoxy groups -OCH3 is 1. The number of halogens is 1. The molecule has 0 atom stereocenters. The molecule has 0 fully saturated rings. The van der Waals surface area contributed by atoms with Crippen LogP contribution >= 0.6 is 11.6 Å². The number of benzene rings is 2. The van der Waals surface area contributed by atoms with E-state index in [1.165, 1.54) is 57.8 Å². The number of hydrogen-bond acceptors (Lipinski definition) is 4. The van der Waals surface area contributed by atoms with Gasteiger partial charge in [0.25, 0.3) is 0 Å². The molecule has 0 saturated carbocycles. The van der Waals surface area contributed by atoms with Gasteiger partial charge in [-0.3, -0.25) is 0 Å². The van der Waals surface area contributed by atoms with Crippen LogP contribution in [0.25, 0.3) is 0 Å². The van der Waals surface area contributed by atoms with Gasteiger partial charge in [-0.2, -0.15) is 0 Å². The summed E-state index contributed by atoms with van der Waals surface area (Å²) in [4.78, 5) is 0. The lowest BCUT2D eigenvalue weighted by atomic mass is 10.1. The van der Waals surface area contributed by atoms with Gasteiger partial charge >= 0.3 is 0 Å². The van der Waals surface area contributed by atoms with Crippen LogP contribution < -0.4 is 14.2 Å². The summed E-state index contributed by atoms with van der Waals surface area (Å²) >= 11 is 6.21. The molecule has 5 heteroatoms. The Labute approximate surface area is 199 Å². The van der Waals surface area contributed by atoms with E-state index in [4.69, 9.17) is 30.5 Å². The minimum atomic E-state index is 0.160. The van der Waals surface area contributed by atoms with Crippen LogP contribution in [0, 0.1) is 0 Å². The molecule has 0 saturated heterocycles. The number of unbranched alkanes of at least 4 members (excludes halogenated alkanes) is 9. The molecular weight excluding hydrogens is 424 g/mol. The Morgan fingerprint density at radius 2 is 1.31 bits per heavy atom. The molecule has 0 aromatic heterocycles. The van der Waals surface area contributed by atoms with Crippen LogP contribution in [-0.4, -0.2) is 20.5 Å². The predicted octanol–water partition coefficient (Wildman–Crippen LogP) is 8.20. The van der Waals surface area contributed by atoms with Gasteiger partial charge in [-0.25, -0.2) is 0 Å². The lowest BCUT2D eigenvalue weighted by Crippen LogP contribution is -2.00. The summed E-state index contributed by atoms with van der Waals surface area (Å²) in [5, 5.41) is 0.496. The molecule has 32 heavy (non-hydrogen) atoms. The molecule has 0 aliphatic carbocycles. The first-order valence-corrected chi connectivity index (χ1v) is 12.4. The van der Waals surface area contributed by atoms with Crippen LogP contribution in [0.15, 0.2) is 42.5 Å². The Bertz CT molecular complexity index is 733. The second-order valence-electron chi connectivity index (χ2n) is 8.11. The third-order valence-electron chi connectivity index (χ3n) is 5.33. The van der Waals surface area contributed by atoms with Crippen LogP contribution in [0.5, 0.6) is 17.2 Å². The highest BCUT2D eigenvalue weighted by Gasteiger charge is 2.05. The van der Waals surface area contributed by atoms with Crippen LogP contribution in [0.4, 0.5) is 0 Å². The first kappa shape index (κ1) is 26.3. The lowest BCUT2D eigenvalue weighted by molar-refractivity contribution is 0.0511. The van der Waals surface area contributed by atoms with Crippen molar-refractivity contribution in [1.82, 2.24) is 0 Å². The normalized spacial score (nSPS) is 10.8. The van der Waals surface area contributed by atoms with Crippen molar-refractivity contribution in [2.75, 3.05) is 20.5 Å². The maximum atomic E-state index is 6.21. The van der Waals surface area contributed by atoms with Gasteiger partial charge in [-0.1, -0.05) is 88.4 Å². The summed E-state index contributed by atoms with van der Waals surface area (Å²) < 4.78 is 22.0. The first-order valence-electron chi connectivity index (χ1n) is 12.0. The highest BCUT2D eigenvalue weighted by molar-refractivity contribution is 6.32. The van der Waals surface area contributed by atoms with Gasteiger partial charge in [0.1, 0.15) is 23.9 Å². The Hall–Kier alpha value is -1.91. The fourth-order valence-corrected chi connectivity index (χ4v) is 3.66. The van der Waals surface area contributed by atoms with Crippen molar-refractivity contribution in [3.8, 4) is 17.2 Å². The third-order valence-corrected chi connectivity index (χ3v) is 5.63. The van der Waals surface area contributed by atoms with E-state index in [1.807, 2.05) is 30.3 Å². The van der Waals surface area contributed by atoms with Crippen molar-refractivity contribution in [3.05, 3.63) is 53.1 Å². The summed E-state index contributed by atoms with van der Waals surface area (Å²) in [5.41, 5.74) is 1.08. The minimum absolute atomic E-state index is 0.160. The molecular formula is C27H39ClO4. The molecule has 0 aliphatic rings. The van der Waals surface area contributed by atoms with Gasteiger partial charge in [0, 0.05) is 13.2 Å². The summed E-state index contributed by atoms with van der Waals surface area (Å²) in [6.07, 6.45) is 13.3. The standard InChI is InChI=1S/C27H39ClO4/c1-3-4-5-6-7-8-9-10-11-12-19-30-24-15-13-23(14-16-24)21-31-25-17-18-27(26(28)20-25)32-22-29-2/h13-18,20H,3-12,19,21-22H2,1-2H3. The van der Waals surface area contributed by atoms with E-state index >= 15 is 0 Å². The molecule has 0 amide bonds. The fourth-order valence-electron chi connectivity index (χ4n) is 3.44. The van der Waals surface area contributed by atoms with Crippen molar-refractivity contribution in [1.29, 1.82) is 0 Å². The minimum Gasteiger partial charge on any atom is -0.494 e. The molecule has 0 bridgehead atoms. The highest BCUT2D eigenvalue weighted by atomic mass is 35.5. The Balaban J connectivity index is 1.57. The fraction of sp³-hybridized carbons (Fsp3) is 0.556. The zero-order chi connectivity index (χ0) is 22.9. The molecule has 2 rings (SSSR count). The Kier molecular flexibility index (Phi) is 13.7. The highest BCUT2D eigenvalue weighted by Crippen LogP contribution is 2.29. The summed E-state index contributed by atoms with van der Waals surface area (Å²) in [6, 6.07) is 13.4. The monoisotopic (exact) mass is 462 g/mol. The van der Waals surface area contributed by atoms with Crippen LogP contribution in [-0.2, 0) is 11.3 Å². The molecule has 2 aromatic carbocycles. The SMILES string of the molecule is CCCCCCCCCCCCOc1ccc(COc2ccc(OCOC)c(Cl)c2)cc1. The van der Waals surface area contributed by atoms with Gasteiger partial charge in [0.05, 0.1) is 11.6 Å². The molecule has 0 radical (unpaired) electrons. The molecule has 0 N–H and O–H groups in total. The van der Waals surface area contributed by atoms with E-state index in [1.54, 1.807) is 19.2 Å². The molecule has 2 aromatic rings. The van der Waals surface area contributed by atoms with Gasteiger partial charge in [-0.15, -0.1) is 0 Å². The number of ether oxygens (including phenoxy) is 4. The number of hydrogen-bond donors (Lipinski definition) is 0. The molecule has 0 aliphatic heterocycles. The second-order valence-corrected chi connectivity index (χ2v) is 8.51. The average Bonchev–Trinajstić information content (AvgIpc) is 2.81.